The van der Waals surface area contributed by atoms with Crippen molar-refractivity contribution in [3.05, 3.63) is 88.2 Å². The van der Waals surface area contributed by atoms with Gasteiger partial charge in [-0.2, -0.15) is 8.78 Å². The molecule has 11 heteroatoms. The smallest absolute Gasteiger partial charge is 0.429 e. The molecule has 3 aromatic carbocycles. The van der Waals surface area contributed by atoms with Crippen LogP contribution in [0.5, 0.6) is 5.75 Å². The Balaban J connectivity index is 1.54. The number of aryl methyl sites for hydroxylation is 1. The zero-order chi connectivity index (χ0) is 28.5. The molecule has 39 heavy (non-hydrogen) atoms. The lowest BCUT2D eigenvalue weighted by Crippen LogP contribution is -2.26. The van der Waals surface area contributed by atoms with Crippen molar-refractivity contribution in [2.24, 2.45) is 5.92 Å². The van der Waals surface area contributed by atoms with E-state index in [0.29, 0.717) is 18.9 Å². The number of rotatable bonds is 8. The lowest BCUT2D eigenvalue weighted by Gasteiger charge is -2.28. The molecule has 0 bridgehead atoms. The largest absolute Gasteiger partial charge is 0.432 e. The van der Waals surface area contributed by atoms with E-state index in [0.717, 1.165) is 31.4 Å². The number of hydrogen-bond donors (Lipinski definition) is 0. The van der Waals surface area contributed by atoms with Crippen LogP contribution in [0.15, 0.2) is 36.4 Å². The van der Waals surface area contributed by atoms with Crippen LogP contribution in [0, 0.1) is 46.6 Å². The molecule has 2 atom stereocenters. The van der Waals surface area contributed by atoms with Gasteiger partial charge in [-0.3, -0.25) is 0 Å². The second-order valence-electron chi connectivity index (χ2n) is 9.41. The van der Waals surface area contributed by atoms with E-state index < -0.39 is 69.3 Å². The summed E-state index contributed by atoms with van der Waals surface area (Å²) in [5.41, 5.74) is -3.24. The SMILES string of the molecule is CCC1CCC(CCc2cc(F)c(-c3cc(F)c(C(F)(F)Oc4cc(F)c(F)c(F)c4)c(F)c3)c(F)c2)OC1. The summed E-state index contributed by atoms with van der Waals surface area (Å²) in [5.74, 6) is -12.7. The predicted octanol–water partition coefficient (Wildman–Crippen LogP) is 8.59. The third-order valence-corrected chi connectivity index (χ3v) is 6.72. The molecule has 2 nitrogen and oxygen atoms in total. The van der Waals surface area contributed by atoms with Gasteiger partial charge < -0.3 is 9.47 Å². The van der Waals surface area contributed by atoms with E-state index in [2.05, 4.69) is 11.7 Å². The Labute approximate surface area is 218 Å². The van der Waals surface area contributed by atoms with Gasteiger partial charge in [0.2, 0.25) is 0 Å². The Kier molecular flexibility index (Phi) is 8.48. The van der Waals surface area contributed by atoms with Crippen LogP contribution in [0.25, 0.3) is 11.1 Å². The van der Waals surface area contributed by atoms with Crippen LogP contribution in [0.2, 0.25) is 0 Å². The molecular weight excluding hydrogens is 539 g/mol. The normalized spacial score (nSPS) is 17.9. The van der Waals surface area contributed by atoms with Gasteiger partial charge in [0.1, 0.15) is 34.6 Å². The molecule has 0 spiro atoms. The molecule has 1 aliphatic rings. The highest BCUT2D eigenvalue weighted by Crippen LogP contribution is 2.38. The monoisotopic (exact) mass is 562 g/mol. The Hall–Kier alpha value is -3.21. The van der Waals surface area contributed by atoms with Crippen LogP contribution in [0.3, 0.4) is 0 Å². The van der Waals surface area contributed by atoms with Crippen molar-refractivity contribution < 1.29 is 49.0 Å². The summed E-state index contributed by atoms with van der Waals surface area (Å²) in [6.07, 6.45) is -1.26. The minimum atomic E-state index is -4.83. The van der Waals surface area contributed by atoms with Crippen molar-refractivity contribution in [1.29, 1.82) is 0 Å². The minimum Gasteiger partial charge on any atom is -0.429 e. The molecule has 4 rings (SSSR count). The molecule has 210 valence electrons. The second-order valence-corrected chi connectivity index (χ2v) is 9.41. The fraction of sp³-hybridized carbons (Fsp3) is 0.357. The highest BCUT2D eigenvalue weighted by Gasteiger charge is 2.42. The van der Waals surface area contributed by atoms with Crippen LogP contribution >= 0.6 is 0 Å². The van der Waals surface area contributed by atoms with Gasteiger partial charge in [-0.05, 0) is 67.0 Å². The molecule has 1 aliphatic heterocycles. The molecule has 1 fully saturated rings. The van der Waals surface area contributed by atoms with Crippen LogP contribution in [0.4, 0.5) is 39.5 Å². The Morgan fingerprint density at radius 3 is 1.90 bits per heavy atom. The quantitative estimate of drug-likeness (QED) is 0.202. The third kappa shape index (κ3) is 6.34. The molecule has 0 aliphatic carbocycles. The summed E-state index contributed by atoms with van der Waals surface area (Å²) in [5, 5.41) is 0. The van der Waals surface area contributed by atoms with Crippen molar-refractivity contribution >= 4 is 0 Å². The number of benzene rings is 3. The molecule has 0 aromatic heterocycles. The van der Waals surface area contributed by atoms with Crippen molar-refractivity contribution in [2.45, 2.75) is 51.2 Å². The second kappa shape index (κ2) is 11.5. The first-order valence-corrected chi connectivity index (χ1v) is 12.2. The highest BCUT2D eigenvalue weighted by atomic mass is 19.3. The lowest BCUT2D eigenvalue weighted by molar-refractivity contribution is -0.189. The molecule has 1 heterocycles. The van der Waals surface area contributed by atoms with E-state index in [9.17, 15) is 39.5 Å². The number of halogens is 9. The van der Waals surface area contributed by atoms with Gasteiger partial charge in [-0.1, -0.05) is 13.3 Å². The maximum absolute atomic E-state index is 14.9. The third-order valence-electron chi connectivity index (χ3n) is 6.72. The molecule has 0 N–H and O–H groups in total. The average molecular weight is 562 g/mol. The Morgan fingerprint density at radius 1 is 0.795 bits per heavy atom. The van der Waals surface area contributed by atoms with E-state index in [1.807, 2.05) is 0 Å². The van der Waals surface area contributed by atoms with E-state index in [1.165, 1.54) is 0 Å². The van der Waals surface area contributed by atoms with E-state index in [-0.39, 0.29) is 42.4 Å². The molecular formula is C28H23F9O2. The van der Waals surface area contributed by atoms with E-state index in [1.54, 1.807) is 0 Å². The van der Waals surface area contributed by atoms with Crippen molar-refractivity contribution in [1.82, 2.24) is 0 Å². The zero-order valence-corrected chi connectivity index (χ0v) is 20.6. The Morgan fingerprint density at radius 2 is 1.38 bits per heavy atom. The maximum Gasteiger partial charge on any atom is 0.432 e. The van der Waals surface area contributed by atoms with Gasteiger partial charge in [0.25, 0.3) is 0 Å². The van der Waals surface area contributed by atoms with Gasteiger partial charge in [0.15, 0.2) is 17.5 Å². The lowest BCUT2D eigenvalue weighted by atomic mass is 9.93. The summed E-state index contributed by atoms with van der Waals surface area (Å²) >= 11 is 0. The van der Waals surface area contributed by atoms with Crippen molar-refractivity contribution in [3.63, 3.8) is 0 Å². The summed E-state index contributed by atoms with van der Waals surface area (Å²) in [6.45, 7) is 2.70. The summed E-state index contributed by atoms with van der Waals surface area (Å²) in [4.78, 5) is 0. The molecule has 3 aromatic rings. The van der Waals surface area contributed by atoms with Crippen LogP contribution in [-0.2, 0) is 17.3 Å². The average Bonchev–Trinajstić information content (AvgIpc) is 2.85. The van der Waals surface area contributed by atoms with E-state index >= 15 is 0 Å². The molecule has 2 unspecified atom stereocenters. The van der Waals surface area contributed by atoms with Gasteiger partial charge in [-0.25, -0.2) is 30.7 Å². The first-order valence-electron chi connectivity index (χ1n) is 12.2. The first-order chi connectivity index (χ1) is 18.4. The van der Waals surface area contributed by atoms with Gasteiger partial charge in [0, 0.05) is 18.7 Å². The summed E-state index contributed by atoms with van der Waals surface area (Å²) < 4.78 is 138. The van der Waals surface area contributed by atoms with Gasteiger partial charge in [-0.15, -0.1) is 0 Å². The highest BCUT2D eigenvalue weighted by molar-refractivity contribution is 5.66. The van der Waals surface area contributed by atoms with Crippen molar-refractivity contribution in [2.75, 3.05) is 6.61 Å². The molecule has 0 amide bonds. The number of hydrogen-bond acceptors (Lipinski definition) is 2. The molecule has 0 radical (unpaired) electrons. The van der Waals surface area contributed by atoms with Crippen LogP contribution < -0.4 is 4.74 Å². The zero-order valence-electron chi connectivity index (χ0n) is 20.6. The maximum atomic E-state index is 14.9. The Bertz CT molecular complexity index is 1280. The first kappa shape index (κ1) is 28.8. The number of ether oxygens (including phenoxy) is 2. The molecule has 1 saturated heterocycles. The summed E-state index contributed by atoms with van der Waals surface area (Å²) in [7, 11) is 0. The van der Waals surface area contributed by atoms with Crippen LogP contribution in [-0.4, -0.2) is 12.7 Å². The van der Waals surface area contributed by atoms with Gasteiger partial charge >= 0.3 is 6.11 Å². The standard InChI is InChI=1S/C28H23F9O2/c1-2-14-3-5-17(38-13-14)6-4-15-7-19(29)25(20(30)8-15)16-9-21(31)26(22(32)10-16)28(36,37)39-18-11-23(33)27(35)24(34)12-18/h7-12,14,17H,2-6,13H2,1H3. The minimum absolute atomic E-state index is 0.0545. The van der Waals surface area contributed by atoms with Crippen molar-refractivity contribution in [3.8, 4) is 16.9 Å². The number of alkyl halides is 2. The van der Waals surface area contributed by atoms with Crippen LogP contribution in [0.1, 0.15) is 43.7 Å². The van der Waals surface area contributed by atoms with E-state index in [4.69, 9.17) is 4.74 Å². The fourth-order valence-electron chi connectivity index (χ4n) is 4.57. The summed E-state index contributed by atoms with van der Waals surface area (Å²) in [6, 6.07) is 2.67. The molecule has 0 saturated carbocycles. The van der Waals surface area contributed by atoms with Gasteiger partial charge in [0.05, 0.1) is 11.7 Å². The predicted molar refractivity (Wildman–Crippen MR) is 124 cm³/mol. The fourth-order valence-corrected chi connectivity index (χ4v) is 4.57. The topological polar surface area (TPSA) is 18.5 Å².